The number of carboxylic acid groups (broad SMARTS) is 1. The maximum absolute atomic E-state index is 11.3. The van der Waals surface area contributed by atoms with Gasteiger partial charge in [0.25, 0.3) is 0 Å². The molecule has 0 spiro atoms. The summed E-state index contributed by atoms with van der Waals surface area (Å²) in [4.78, 5) is 21.9. The molecule has 1 aromatic rings. The lowest BCUT2D eigenvalue weighted by Crippen LogP contribution is -2.17. The summed E-state index contributed by atoms with van der Waals surface area (Å²) in [6, 6.07) is 3.09. The molecule has 0 amide bonds. The highest BCUT2D eigenvalue weighted by atomic mass is 16.6. The van der Waals surface area contributed by atoms with E-state index >= 15 is 0 Å². The van der Waals surface area contributed by atoms with Gasteiger partial charge in [-0.1, -0.05) is 0 Å². The number of aliphatic hydroxyl groups is 2. The van der Waals surface area contributed by atoms with E-state index in [1.165, 1.54) is 0 Å². The zero-order valence-corrected chi connectivity index (χ0v) is 8.53. The molecule has 0 aliphatic rings. The molecule has 0 aliphatic heterocycles. The van der Waals surface area contributed by atoms with Gasteiger partial charge in [0.05, 0.1) is 5.56 Å². The summed E-state index contributed by atoms with van der Waals surface area (Å²) in [7, 11) is 0. The first-order chi connectivity index (χ1) is 7.91. The van der Waals surface area contributed by atoms with Crippen LogP contribution in [0.1, 0.15) is 20.7 Å². The molecule has 0 heterocycles. The monoisotopic (exact) mass is 242 g/mol. The number of carboxylic acids is 1. The van der Waals surface area contributed by atoms with Gasteiger partial charge in [-0.3, -0.25) is 0 Å². The fourth-order valence-electron chi connectivity index (χ4n) is 1.07. The number of phenols is 1. The highest BCUT2D eigenvalue weighted by Gasteiger charge is 2.15. The average Bonchev–Trinajstić information content (AvgIpc) is 2.25. The number of phenolic OH excluding ortho intramolecular Hbond substituents is 1. The second-order valence-corrected chi connectivity index (χ2v) is 3.12. The molecule has 0 atom stereocenters. The number of aliphatic hydroxyl groups excluding tert-OH is 1. The molecule has 17 heavy (non-hydrogen) atoms. The third kappa shape index (κ3) is 3.44. The standard InChI is InChI=1S/C10H10O7/c11-7-3-5(9(14)15)1-2-6(7)10(16)17-4-8(12)13/h1-3,8,11-13H,4H2,(H,14,15). The van der Waals surface area contributed by atoms with Gasteiger partial charge in [-0.05, 0) is 18.2 Å². The Labute approximate surface area is 95.5 Å². The minimum absolute atomic E-state index is 0.179. The molecule has 0 saturated carbocycles. The zero-order chi connectivity index (χ0) is 13.0. The summed E-state index contributed by atoms with van der Waals surface area (Å²) < 4.78 is 4.42. The first kappa shape index (κ1) is 12.9. The number of carbonyl (C=O) groups excluding carboxylic acids is 1. The topological polar surface area (TPSA) is 124 Å². The van der Waals surface area contributed by atoms with Crippen molar-refractivity contribution in [3.63, 3.8) is 0 Å². The highest BCUT2D eigenvalue weighted by Crippen LogP contribution is 2.19. The molecule has 0 fully saturated rings. The lowest BCUT2D eigenvalue weighted by atomic mass is 10.1. The summed E-state index contributed by atoms with van der Waals surface area (Å²) in [5, 5.41) is 35.0. The van der Waals surface area contributed by atoms with Crippen LogP contribution in [0.2, 0.25) is 0 Å². The molecule has 1 aromatic carbocycles. The molecule has 0 unspecified atom stereocenters. The fourth-order valence-corrected chi connectivity index (χ4v) is 1.07. The molecule has 0 saturated heterocycles. The van der Waals surface area contributed by atoms with E-state index in [1.807, 2.05) is 0 Å². The van der Waals surface area contributed by atoms with Gasteiger partial charge in [0, 0.05) is 0 Å². The summed E-state index contributed by atoms with van der Waals surface area (Å²) in [5.74, 6) is -2.78. The SMILES string of the molecule is O=C(O)c1ccc(C(=O)OCC(O)O)c(O)c1. The third-order valence-corrected chi connectivity index (χ3v) is 1.83. The molecule has 0 bridgehead atoms. The van der Waals surface area contributed by atoms with Crippen molar-refractivity contribution in [2.45, 2.75) is 6.29 Å². The molecule has 4 N–H and O–H groups in total. The molecule has 0 radical (unpaired) electrons. The van der Waals surface area contributed by atoms with Crippen LogP contribution in [-0.2, 0) is 4.74 Å². The fraction of sp³-hybridized carbons (Fsp3) is 0.200. The van der Waals surface area contributed by atoms with Crippen LogP contribution in [0.3, 0.4) is 0 Å². The Morgan fingerprint density at radius 1 is 1.29 bits per heavy atom. The van der Waals surface area contributed by atoms with E-state index in [2.05, 4.69) is 4.74 Å². The Bertz CT molecular complexity index is 438. The number of hydrogen-bond acceptors (Lipinski definition) is 6. The normalized spacial score (nSPS) is 10.3. The number of aromatic hydroxyl groups is 1. The molecule has 0 aliphatic carbocycles. The van der Waals surface area contributed by atoms with Gasteiger partial charge in [-0.25, -0.2) is 9.59 Å². The Morgan fingerprint density at radius 3 is 2.41 bits per heavy atom. The van der Waals surface area contributed by atoms with Crippen LogP contribution < -0.4 is 0 Å². The van der Waals surface area contributed by atoms with E-state index in [-0.39, 0.29) is 11.1 Å². The van der Waals surface area contributed by atoms with E-state index in [4.69, 9.17) is 15.3 Å². The van der Waals surface area contributed by atoms with Crippen LogP contribution in [0.25, 0.3) is 0 Å². The quantitative estimate of drug-likeness (QED) is 0.416. The predicted octanol–water partition coefficient (Wildman–Crippen LogP) is -0.442. The van der Waals surface area contributed by atoms with Crippen molar-refractivity contribution in [2.24, 2.45) is 0 Å². The molecular formula is C10H10O7. The van der Waals surface area contributed by atoms with Crippen LogP contribution in [-0.4, -0.2) is 45.3 Å². The van der Waals surface area contributed by atoms with Gasteiger partial charge in [0.1, 0.15) is 17.9 Å². The van der Waals surface area contributed by atoms with Crippen molar-refractivity contribution in [2.75, 3.05) is 6.61 Å². The maximum Gasteiger partial charge on any atom is 0.342 e. The molecule has 92 valence electrons. The Balaban J connectivity index is 2.85. The van der Waals surface area contributed by atoms with E-state index in [1.54, 1.807) is 0 Å². The van der Waals surface area contributed by atoms with Crippen molar-refractivity contribution in [3.05, 3.63) is 29.3 Å². The molecular weight excluding hydrogens is 232 g/mol. The number of esters is 1. The second-order valence-electron chi connectivity index (χ2n) is 3.12. The Morgan fingerprint density at radius 2 is 1.94 bits per heavy atom. The maximum atomic E-state index is 11.3. The number of aromatic carboxylic acids is 1. The van der Waals surface area contributed by atoms with Crippen molar-refractivity contribution < 1.29 is 34.8 Å². The number of carbonyl (C=O) groups is 2. The first-order valence-corrected chi connectivity index (χ1v) is 4.51. The van der Waals surface area contributed by atoms with Crippen molar-refractivity contribution >= 4 is 11.9 Å². The summed E-state index contributed by atoms with van der Waals surface area (Å²) in [5.41, 5.74) is -0.433. The average molecular weight is 242 g/mol. The van der Waals surface area contributed by atoms with Gasteiger partial charge >= 0.3 is 11.9 Å². The number of rotatable bonds is 4. The van der Waals surface area contributed by atoms with Crippen LogP contribution in [0, 0.1) is 0 Å². The minimum atomic E-state index is -1.81. The van der Waals surface area contributed by atoms with Crippen LogP contribution in [0.15, 0.2) is 18.2 Å². The Kier molecular flexibility index (Phi) is 4.02. The van der Waals surface area contributed by atoms with E-state index < -0.39 is 30.6 Å². The van der Waals surface area contributed by atoms with Crippen molar-refractivity contribution in [1.82, 2.24) is 0 Å². The van der Waals surface area contributed by atoms with E-state index in [0.29, 0.717) is 0 Å². The zero-order valence-electron chi connectivity index (χ0n) is 8.53. The summed E-state index contributed by atoms with van der Waals surface area (Å²) in [6.45, 7) is -0.640. The lowest BCUT2D eigenvalue weighted by molar-refractivity contribution is -0.0813. The minimum Gasteiger partial charge on any atom is -0.507 e. The molecule has 7 nitrogen and oxygen atoms in total. The predicted molar refractivity (Wildman–Crippen MR) is 53.6 cm³/mol. The van der Waals surface area contributed by atoms with Crippen molar-refractivity contribution in [3.8, 4) is 5.75 Å². The highest BCUT2D eigenvalue weighted by molar-refractivity contribution is 5.95. The number of ether oxygens (including phenoxy) is 1. The molecule has 0 aromatic heterocycles. The lowest BCUT2D eigenvalue weighted by Gasteiger charge is -2.07. The van der Waals surface area contributed by atoms with Gasteiger partial charge < -0.3 is 25.2 Å². The van der Waals surface area contributed by atoms with Crippen molar-refractivity contribution in [1.29, 1.82) is 0 Å². The third-order valence-electron chi connectivity index (χ3n) is 1.83. The van der Waals surface area contributed by atoms with Gasteiger partial charge in [-0.15, -0.1) is 0 Å². The Hall–Kier alpha value is -2.12. The largest absolute Gasteiger partial charge is 0.507 e. The van der Waals surface area contributed by atoms with Gasteiger partial charge in [0.2, 0.25) is 0 Å². The summed E-state index contributed by atoms with van der Waals surface area (Å²) in [6.07, 6.45) is -1.81. The number of hydrogen-bond donors (Lipinski definition) is 4. The second kappa shape index (κ2) is 5.28. The van der Waals surface area contributed by atoms with Crippen LogP contribution in [0.4, 0.5) is 0 Å². The van der Waals surface area contributed by atoms with Crippen LogP contribution in [0.5, 0.6) is 5.75 Å². The van der Waals surface area contributed by atoms with E-state index in [0.717, 1.165) is 18.2 Å². The van der Waals surface area contributed by atoms with Gasteiger partial charge in [0.15, 0.2) is 6.29 Å². The number of benzene rings is 1. The first-order valence-electron chi connectivity index (χ1n) is 4.51. The van der Waals surface area contributed by atoms with E-state index in [9.17, 15) is 14.7 Å². The molecule has 7 heteroatoms. The summed E-state index contributed by atoms with van der Waals surface area (Å²) >= 11 is 0. The van der Waals surface area contributed by atoms with Crippen LogP contribution >= 0.6 is 0 Å². The van der Waals surface area contributed by atoms with Gasteiger partial charge in [-0.2, -0.15) is 0 Å². The molecule has 1 rings (SSSR count). The smallest absolute Gasteiger partial charge is 0.342 e.